The van der Waals surface area contributed by atoms with Gasteiger partial charge in [-0.25, -0.2) is 8.42 Å². The van der Waals surface area contributed by atoms with Crippen molar-refractivity contribution in [1.29, 1.82) is 0 Å². The van der Waals surface area contributed by atoms with Gasteiger partial charge in [0.2, 0.25) is 11.8 Å². The van der Waals surface area contributed by atoms with Crippen LogP contribution in [0.15, 0.2) is 114 Å². The molecule has 0 bridgehead atoms. The van der Waals surface area contributed by atoms with Gasteiger partial charge in [0.05, 0.1) is 10.6 Å². The van der Waals surface area contributed by atoms with Crippen LogP contribution >= 0.6 is 0 Å². The van der Waals surface area contributed by atoms with Gasteiger partial charge in [-0.05, 0) is 81.3 Å². The average molecular weight is 614 g/mol. The average Bonchev–Trinajstić information content (AvgIpc) is 3.03. The van der Waals surface area contributed by atoms with E-state index in [0.717, 1.165) is 21.9 Å². The molecule has 0 aliphatic heterocycles. The van der Waals surface area contributed by atoms with Crippen molar-refractivity contribution >= 4 is 27.5 Å². The van der Waals surface area contributed by atoms with E-state index in [0.29, 0.717) is 11.5 Å². The fourth-order valence-electron chi connectivity index (χ4n) is 4.61. The summed E-state index contributed by atoms with van der Waals surface area (Å²) in [6, 6.07) is 30.5. The number of sulfonamides is 1. The zero-order chi connectivity index (χ0) is 31.7. The molecule has 2 atom stereocenters. The number of rotatable bonds is 13. The zero-order valence-corrected chi connectivity index (χ0v) is 26.3. The Morgan fingerprint density at radius 3 is 2.05 bits per heavy atom. The number of ether oxygens (including phenoxy) is 1. The molecule has 0 aliphatic rings. The number of hydrogen-bond acceptors (Lipinski definition) is 5. The van der Waals surface area contributed by atoms with Crippen molar-refractivity contribution in [2.45, 2.75) is 57.6 Å². The summed E-state index contributed by atoms with van der Waals surface area (Å²) in [5.41, 5.74) is 2.13. The molecule has 44 heavy (non-hydrogen) atoms. The van der Waals surface area contributed by atoms with E-state index in [2.05, 4.69) is 5.32 Å². The third kappa shape index (κ3) is 8.26. The first-order valence-electron chi connectivity index (χ1n) is 14.6. The third-order valence-electron chi connectivity index (χ3n) is 7.32. The summed E-state index contributed by atoms with van der Waals surface area (Å²) < 4.78 is 35.0. The van der Waals surface area contributed by atoms with E-state index in [-0.39, 0.29) is 29.1 Å². The van der Waals surface area contributed by atoms with Crippen LogP contribution in [0.3, 0.4) is 0 Å². The van der Waals surface area contributed by atoms with Gasteiger partial charge in [0.15, 0.2) is 0 Å². The Kier molecular flexibility index (Phi) is 10.8. The van der Waals surface area contributed by atoms with Gasteiger partial charge in [0.1, 0.15) is 24.1 Å². The fourth-order valence-corrected chi connectivity index (χ4v) is 6.04. The van der Waals surface area contributed by atoms with Gasteiger partial charge >= 0.3 is 0 Å². The molecule has 0 saturated carbocycles. The minimum Gasteiger partial charge on any atom is -0.457 e. The van der Waals surface area contributed by atoms with Crippen molar-refractivity contribution in [1.82, 2.24) is 10.2 Å². The van der Waals surface area contributed by atoms with E-state index in [9.17, 15) is 18.0 Å². The standard InChI is InChI=1S/C35H39N3O5S/c1-5-27(3)36-35(40)28(4)37(24-29-14-12-13-26(2)23-29)34(39)25-38(44(41,42)33-17-10-7-11-18-33)30-19-21-32(22-20-30)43-31-15-8-6-9-16-31/h6-23,27-28H,5,24-25H2,1-4H3,(H,36,40)/t27-,28-/m0/s1. The molecule has 0 saturated heterocycles. The van der Waals surface area contributed by atoms with E-state index in [1.165, 1.54) is 17.0 Å². The van der Waals surface area contributed by atoms with Crippen molar-refractivity contribution in [3.8, 4) is 11.5 Å². The number of aryl methyl sites for hydroxylation is 1. The van der Waals surface area contributed by atoms with Crippen LogP contribution in [0.25, 0.3) is 0 Å². The lowest BCUT2D eigenvalue weighted by atomic mass is 10.1. The highest BCUT2D eigenvalue weighted by Gasteiger charge is 2.32. The first kappa shape index (κ1) is 32.3. The molecule has 0 spiro atoms. The monoisotopic (exact) mass is 613 g/mol. The van der Waals surface area contributed by atoms with Gasteiger partial charge < -0.3 is 15.0 Å². The molecule has 0 fully saturated rings. The molecular weight excluding hydrogens is 574 g/mol. The summed E-state index contributed by atoms with van der Waals surface area (Å²) in [6.45, 7) is 7.11. The Labute approximate surface area is 260 Å². The van der Waals surface area contributed by atoms with Crippen LogP contribution in [0.5, 0.6) is 11.5 Å². The molecule has 0 unspecified atom stereocenters. The smallest absolute Gasteiger partial charge is 0.264 e. The number of anilines is 1. The summed E-state index contributed by atoms with van der Waals surface area (Å²) in [5, 5.41) is 2.95. The van der Waals surface area contributed by atoms with Crippen LogP contribution in [-0.4, -0.2) is 43.8 Å². The second kappa shape index (κ2) is 14.7. The first-order chi connectivity index (χ1) is 21.1. The van der Waals surface area contributed by atoms with E-state index < -0.39 is 28.5 Å². The topological polar surface area (TPSA) is 96.0 Å². The van der Waals surface area contributed by atoms with Crippen molar-refractivity contribution in [2.75, 3.05) is 10.8 Å². The molecular formula is C35H39N3O5S. The van der Waals surface area contributed by atoms with Crippen LogP contribution in [0.1, 0.15) is 38.3 Å². The normalized spacial score (nSPS) is 12.5. The SMILES string of the molecule is CC[C@H](C)NC(=O)[C@H](C)N(Cc1cccc(C)c1)C(=O)CN(c1ccc(Oc2ccccc2)cc1)S(=O)(=O)c1ccccc1. The highest BCUT2D eigenvalue weighted by Crippen LogP contribution is 2.28. The van der Waals surface area contributed by atoms with Crippen LogP contribution in [0.4, 0.5) is 5.69 Å². The molecule has 0 heterocycles. The number of nitrogens with one attached hydrogen (secondary N) is 1. The molecule has 2 amide bonds. The molecule has 0 aliphatic carbocycles. The van der Waals surface area contributed by atoms with Crippen LogP contribution in [-0.2, 0) is 26.2 Å². The second-order valence-electron chi connectivity index (χ2n) is 10.7. The number of nitrogens with zero attached hydrogens (tertiary/aromatic N) is 2. The van der Waals surface area contributed by atoms with Crippen molar-refractivity contribution < 1.29 is 22.7 Å². The predicted octanol–water partition coefficient (Wildman–Crippen LogP) is 6.31. The minimum absolute atomic E-state index is 0.0465. The quantitative estimate of drug-likeness (QED) is 0.191. The summed E-state index contributed by atoms with van der Waals surface area (Å²) in [6.07, 6.45) is 0.733. The largest absolute Gasteiger partial charge is 0.457 e. The Morgan fingerprint density at radius 2 is 1.43 bits per heavy atom. The van der Waals surface area contributed by atoms with E-state index in [1.807, 2.05) is 75.4 Å². The maximum Gasteiger partial charge on any atom is 0.264 e. The van der Waals surface area contributed by atoms with E-state index in [4.69, 9.17) is 4.74 Å². The van der Waals surface area contributed by atoms with Crippen molar-refractivity contribution in [2.24, 2.45) is 0 Å². The molecule has 230 valence electrons. The predicted molar refractivity (Wildman–Crippen MR) is 173 cm³/mol. The minimum atomic E-state index is -4.16. The highest BCUT2D eigenvalue weighted by atomic mass is 32.2. The Bertz CT molecular complexity index is 1650. The third-order valence-corrected chi connectivity index (χ3v) is 9.11. The zero-order valence-electron chi connectivity index (χ0n) is 25.5. The number of para-hydroxylation sites is 1. The van der Waals surface area contributed by atoms with Gasteiger partial charge in [0.25, 0.3) is 10.0 Å². The van der Waals surface area contributed by atoms with E-state index in [1.54, 1.807) is 49.4 Å². The molecule has 0 aromatic heterocycles. The summed E-state index contributed by atoms with van der Waals surface area (Å²) in [5.74, 6) is 0.336. The summed E-state index contributed by atoms with van der Waals surface area (Å²) >= 11 is 0. The van der Waals surface area contributed by atoms with E-state index >= 15 is 0 Å². The number of carbonyl (C=O) groups is 2. The maximum absolute atomic E-state index is 14.1. The molecule has 0 radical (unpaired) electrons. The second-order valence-corrected chi connectivity index (χ2v) is 12.6. The van der Waals surface area contributed by atoms with Crippen molar-refractivity contribution in [3.05, 3.63) is 120 Å². The Balaban J connectivity index is 1.69. The lowest BCUT2D eigenvalue weighted by molar-refractivity contribution is -0.139. The molecule has 4 aromatic rings. The maximum atomic E-state index is 14.1. The number of benzene rings is 4. The fraction of sp³-hybridized carbons (Fsp3) is 0.257. The first-order valence-corrected chi connectivity index (χ1v) is 16.1. The molecule has 4 aromatic carbocycles. The summed E-state index contributed by atoms with van der Waals surface area (Å²) in [4.78, 5) is 28.8. The number of carbonyl (C=O) groups excluding carboxylic acids is 2. The van der Waals surface area contributed by atoms with Crippen LogP contribution in [0.2, 0.25) is 0 Å². The highest BCUT2D eigenvalue weighted by molar-refractivity contribution is 7.92. The lowest BCUT2D eigenvalue weighted by Gasteiger charge is -2.32. The van der Waals surface area contributed by atoms with Crippen LogP contribution in [0, 0.1) is 6.92 Å². The Hall–Kier alpha value is -4.63. The van der Waals surface area contributed by atoms with Gasteiger partial charge in [0, 0.05) is 12.6 Å². The van der Waals surface area contributed by atoms with Gasteiger partial charge in [-0.3, -0.25) is 13.9 Å². The van der Waals surface area contributed by atoms with Crippen LogP contribution < -0.4 is 14.4 Å². The molecule has 8 nitrogen and oxygen atoms in total. The Morgan fingerprint density at radius 1 is 0.818 bits per heavy atom. The molecule has 1 N–H and O–H groups in total. The van der Waals surface area contributed by atoms with Gasteiger partial charge in [-0.1, -0.05) is 73.2 Å². The summed E-state index contributed by atoms with van der Waals surface area (Å²) in [7, 11) is -4.16. The number of amides is 2. The molecule has 4 rings (SSSR count). The van der Waals surface area contributed by atoms with Gasteiger partial charge in [-0.2, -0.15) is 0 Å². The number of hydrogen-bond donors (Lipinski definition) is 1. The molecule has 9 heteroatoms. The van der Waals surface area contributed by atoms with Crippen molar-refractivity contribution in [3.63, 3.8) is 0 Å². The lowest BCUT2D eigenvalue weighted by Crippen LogP contribution is -2.52. The van der Waals surface area contributed by atoms with Gasteiger partial charge in [-0.15, -0.1) is 0 Å².